The van der Waals surface area contributed by atoms with E-state index in [0.29, 0.717) is 6.42 Å². The van der Waals surface area contributed by atoms with Crippen LogP contribution in [0.1, 0.15) is 20.3 Å². The predicted molar refractivity (Wildman–Crippen MR) is 43.5 cm³/mol. The zero-order chi connectivity index (χ0) is 10.1. The fourth-order valence-corrected chi connectivity index (χ4v) is 1.14. The lowest BCUT2D eigenvalue weighted by atomic mass is 10.1. The first-order valence-electron chi connectivity index (χ1n) is 4.01. The van der Waals surface area contributed by atoms with E-state index in [-0.39, 0.29) is 12.5 Å². The van der Waals surface area contributed by atoms with Crippen molar-refractivity contribution in [3.8, 4) is 0 Å². The van der Waals surface area contributed by atoms with Crippen molar-refractivity contribution in [1.82, 2.24) is 5.06 Å². The summed E-state index contributed by atoms with van der Waals surface area (Å²) in [5.74, 6) is -0.665. The van der Waals surface area contributed by atoms with Gasteiger partial charge in [0.2, 0.25) is 5.91 Å². The number of esters is 1. The second-order valence-electron chi connectivity index (χ2n) is 3.53. The number of nitrogens with zero attached hydrogens (tertiary/aromatic N) is 1. The van der Waals surface area contributed by atoms with Crippen LogP contribution in [0.15, 0.2) is 0 Å². The van der Waals surface area contributed by atoms with E-state index in [1.54, 1.807) is 13.8 Å². The molecule has 0 aromatic carbocycles. The van der Waals surface area contributed by atoms with Crippen molar-refractivity contribution in [3.63, 3.8) is 0 Å². The molecule has 0 saturated carbocycles. The summed E-state index contributed by atoms with van der Waals surface area (Å²) in [7, 11) is 1.27. The van der Waals surface area contributed by atoms with Gasteiger partial charge in [-0.3, -0.25) is 14.4 Å². The van der Waals surface area contributed by atoms with Gasteiger partial charge in [-0.25, -0.2) is 5.06 Å². The topological polar surface area (TPSA) is 55.8 Å². The maximum Gasteiger partial charge on any atom is 0.328 e. The minimum Gasteiger partial charge on any atom is -0.468 e. The summed E-state index contributed by atoms with van der Waals surface area (Å²) >= 11 is 0. The van der Waals surface area contributed by atoms with Gasteiger partial charge in [-0.05, 0) is 13.8 Å². The third-order valence-corrected chi connectivity index (χ3v) is 1.71. The van der Waals surface area contributed by atoms with Crippen molar-refractivity contribution in [2.45, 2.75) is 25.9 Å². The molecule has 0 bridgehead atoms. The Morgan fingerprint density at radius 3 is 2.69 bits per heavy atom. The van der Waals surface area contributed by atoms with Crippen LogP contribution in [-0.2, 0) is 19.2 Å². The van der Waals surface area contributed by atoms with E-state index in [1.807, 2.05) is 0 Å². The predicted octanol–water partition coefficient (Wildman–Crippen LogP) is 0.102. The van der Waals surface area contributed by atoms with Crippen molar-refractivity contribution < 1.29 is 19.2 Å². The number of methoxy groups -OCH3 is 1. The molecule has 0 atom stereocenters. The summed E-state index contributed by atoms with van der Waals surface area (Å²) in [4.78, 5) is 27.3. The Balaban J connectivity index is 2.54. The molecule has 0 N–H and O–H groups in total. The number of carbonyl (C=O) groups excluding carboxylic acids is 2. The largest absolute Gasteiger partial charge is 0.468 e. The molecular weight excluding hydrogens is 174 g/mol. The lowest BCUT2D eigenvalue weighted by Crippen LogP contribution is -2.31. The van der Waals surface area contributed by atoms with Gasteiger partial charge < -0.3 is 4.74 Å². The number of ether oxygens (including phenoxy) is 1. The molecule has 5 heteroatoms. The Labute approximate surface area is 76.6 Å². The van der Waals surface area contributed by atoms with Crippen molar-refractivity contribution >= 4 is 11.9 Å². The molecule has 74 valence electrons. The van der Waals surface area contributed by atoms with Gasteiger partial charge in [0.15, 0.2) is 0 Å². The van der Waals surface area contributed by atoms with Gasteiger partial charge in [-0.1, -0.05) is 0 Å². The summed E-state index contributed by atoms with van der Waals surface area (Å²) < 4.78 is 4.42. The monoisotopic (exact) mass is 187 g/mol. The highest BCUT2D eigenvalue weighted by Gasteiger charge is 2.38. The van der Waals surface area contributed by atoms with Gasteiger partial charge >= 0.3 is 5.97 Å². The highest BCUT2D eigenvalue weighted by Crippen LogP contribution is 2.25. The van der Waals surface area contributed by atoms with Crippen molar-refractivity contribution in [1.29, 1.82) is 0 Å². The summed E-state index contributed by atoms with van der Waals surface area (Å²) in [6.45, 7) is 3.45. The molecule has 1 fully saturated rings. The van der Waals surface area contributed by atoms with Crippen LogP contribution in [0.5, 0.6) is 0 Å². The highest BCUT2D eigenvalue weighted by atomic mass is 16.7. The smallest absolute Gasteiger partial charge is 0.328 e. The zero-order valence-corrected chi connectivity index (χ0v) is 7.99. The van der Waals surface area contributed by atoms with Gasteiger partial charge in [0.1, 0.15) is 6.54 Å². The molecule has 1 rings (SSSR count). The second kappa shape index (κ2) is 3.33. The third-order valence-electron chi connectivity index (χ3n) is 1.71. The van der Waals surface area contributed by atoms with Gasteiger partial charge in [-0.2, -0.15) is 0 Å². The Morgan fingerprint density at radius 1 is 1.69 bits per heavy atom. The van der Waals surface area contributed by atoms with Gasteiger partial charge in [0, 0.05) is 0 Å². The normalized spacial score (nSPS) is 20.5. The minimum atomic E-state index is -0.509. The molecule has 0 unspecified atom stereocenters. The molecule has 1 aliphatic heterocycles. The van der Waals surface area contributed by atoms with Crippen molar-refractivity contribution in [3.05, 3.63) is 0 Å². The maximum atomic E-state index is 11.2. The van der Waals surface area contributed by atoms with E-state index in [0.717, 1.165) is 5.06 Å². The molecule has 1 amide bonds. The molecule has 1 heterocycles. The standard InChI is InChI=1S/C8H13NO4/c1-8(2)4-6(10)9(13-8)5-7(11)12-3/h4-5H2,1-3H3. The lowest BCUT2D eigenvalue weighted by Gasteiger charge is -2.18. The van der Waals surface area contributed by atoms with Gasteiger partial charge in [0.25, 0.3) is 0 Å². The number of amides is 1. The molecule has 5 nitrogen and oxygen atoms in total. The van der Waals surface area contributed by atoms with E-state index >= 15 is 0 Å². The van der Waals surface area contributed by atoms with Crippen LogP contribution in [0.2, 0.25) is 0 Å². The lowest BCUT2D eigenvalue weighted by molar-refractivity contribution is -0.197. The number of carbonyl (C=O) groups is 2. The van der Waals surface area contributed by atoms with Crippen LogP contribution in [0.25, 0.3) is 0 Å². The molecule has 0 aliphatic carbocycles. The van der Waals surface area contributed by atoms with Gasteiger partial charge in [0.05, 0.1) is 19.1 Å². The SMILES string of the molecule is COC(=O)CN1OC(C)(C)CC1=O. The summed E-state index contributed by atoms with van der Waals surface area (Å²) in [5, 5.41) is 1.05. The average Bonchev–Trinajstić information content (AvgIpc) is 2.24. The number of hydrogen-bond donors (Lipinski definition) is 0. The fourth-order valence-electron chi connectivity index (χ4n) is 1.14. The Bertz CT molecular complexity index is 236. The first-order chi connectivity index (χ1) is 5.94. The van der Waals surface area contributed by atoms with Crippen LogP contribution in [0, 0.1) is 0 Å². The van der Waals surface area contributed by atoms with Crippen molar-refractivity contribution in [2.75, 3.05) is 13.7 Å². The fraction of sp³-hybridized carbons (Fsp3) is 0.750. The zero-order valence-electron chi connectivity index (χ0n) is 7.99. The molecular formula is C8H13NO4. The molecule has 0 aromatic heterocycles. The van der Waals surface area contributed by atoms with Crippen LogP contribution in [0.3, 0.4) is 0 Å². The van der Waals surface area contributed by atoms with Crippen LogP contribution < -0.4 is 0 Å². The van der Waals surface area contributed by atoms with E-state index in [1.165, 1.54) is 7.11 Å². The van der Waals surface area contributed by atoms with E-state index in [4.69, 9.17) is 4.84 Å². The molecule has 1 saturated heterocycles. The Kier molecular flexibility index (Phi) is 2.56. The Hall–Kier alpha value is -1.10. The molecule has 0 spiro atoms. The first kappa shape index (κ1) is 9.98. The quantitative estimate of drug-likeness (QED) is 0.575. The number of hydrogen-bond acceptors (Lipinski definition) is 4. The van der Waals surface area contributed by atoms with E-state index in [9.17, 15) is 9.59 Å². The molecule has 13 heavy (non-hydrogen) atoms. The molecule has 0 radical (unpaired) electrons. The Morgan fingerprint density at radius 2 is 2.31 bits per heavy atom. The van der Waals surface area contributed by atoms with Crippen molar-refractivity contribution in [2.24, 2.45) is 0 Å². The minimum absolute atomic E-state index is 0.140. The summed E-state index contributed by atoms with van der Waals surface area (Å²) in [6.07, 6.45) is 0.296. The van der Waals surface area contributed by atoms with Gasteiger partial charge in [-0.15, -0.1) is 0 Å². The number of rotatable bonds is 2. The summed E-state index contributed by atoms with van der Waals surface area (Å²) in [5.41, 5.74) is -0.509. The molecule has 0 aromatic rings. The highest BCUT2D eigenvalue weighted by molar-refractivity contribution is 5.82. The second-order valence-corrected chi connectivity index (χ2v) is 3.53. The maximum absolute atomic E-state index is 11.2. The summed E-state index contributed by atoms with van der Waals surface area (Å²) in [6, 6.07) is 0. The van der Waals surface area contributed by atoms with Crippen LogP contribution in [0.4, 0.5) is 0 Å². The first-order valence-corrected chi connectivity index (χ1v) is 4.01. The average molecular weight is 187 g/mol. The van der Waals surface area contributed by atoms with E-state index < -0.39 is 11.6 Å². The molecule has 1 aliphatic rings. The third kappa shape index (κ3) is 2.42. The van der Waals surface area contributed by atoms with E-state index in [2.05, 4.69) is 4.74 Å². The number of hydroxylamine groups is 2. The van der Waals surface area contributed by atoms with Crippen LogP contribution in [-0.4, -0.2) is 36.2 Å². The van der Waals surface area contributed by atoms with Crippen LogP contribution >= 0.6 is 0 Å².